The molecule has 136 valence electrons. The number of ether oxygens (including phenoxy) is 3. The number of hydrogen-bond acceptors (Lipinski definition) is 6. The Kier molecular flexibility index (Phi) is 9.19. The predicted octanol–water partition coefficient (Wildman–Crippen LogP) is 1.85. The van der Waals surface area contributed by atoms with E-state index in [9.17, 15) is 4.79 Å². The fraction of sp³-hybridized carbons (Fsp3) is 0.611. The van der Waals surface area contributed by atoms with Gasteiger partial charge in [0.05, 0.1) is 13.7 Å². The van der Waals surface area contributed by atoms with Gasteiger partial charge < -0.3 is 24.8 Å². The zero-order chi connectivity index (χ0) is 17.9. The molecule has 6 heteroatoms. The summed E-state index contributed by atoms with van der Waals surface area (Å²) >= 11 is 0. The van der Waals surface area contributed by atoms with E-state index in [2.05, 4.69) is 18.7 Å². The number of hydrogen-bond donors (Lipinski definition) is 1. The van der Waals surface area contributed by atoms with Crippen molar-refractivity contribution in [1.29, 1.82) is 0 Å². The van der Waals surface area contributed by atoms with E-state index >= 15 is 0 Å². The number of carbonyl (C=O) groups is 1. The van der Waals surface area contributed by atoms with Crippen LogP contribution in [0.4, 0.5) is 0 Å². The van der Waals surface area contributed by atoms with Crippen molar-refractivity contribution < 1.29 is 19.0 Å². The van der Waals surface area contributed by atoms with Crippen LogP contribution < -0.4 is 15.2 Å². The molecular weight excluding hydrogens is 308 g/mol. The maximum Gasteiger partial charge on any atom is 0.323 e. The number of rotatable bonds is 11. The molecule has 1 aromatic carbocycles. The van der Waals surface area contributed by atoms with Gasteiger partial charge in [0.15, 0.2) is 11.5 Å². The van der Waals surface area contributed by atoms with Crippen molar-refractivity contribution in [2.45, 2.75) is 33.2 Å². The van der Waals surface area contributed by atoms with Crippen LogP contribution in [0.2, 0.25) is 0 Å². The maximum atomic E-state index is 11.6. The molecule has 0 fully saturated rings. The number of esters is 1. The minimum Gasteiger partial charge on any atom is -0.493 e. The van der Waals surface area contributed by atoms with Crippen molar-refractivity contribution in [3.8, 4) is 11.5 Å². The molecule has 0 radical (unpaired) electrons. The Morgan fingerprint density at radius 3 is 2.50 bits per heavy atom. The number of nitrogens with two attached hydrogens (primary N) is 1. The number of carbonyl (C=O) groups excluding carboxylic acids is 1. The average Bonchev–Trinajstić information content (AvgIpc) is 2.59. The van der Waals surface area contributed by atoms with Crippen LogP contribution in [0.1, 0.15) is 26.3 Å². The monoisotopic (exact) mass is 338 g/mol. The highest BCUT2D eigenvalue weighted by Gasteiger charge is 2.16. The molecule has 0 spiro atoms. The summed E-state index contributed by atoms with van der Waals surface area (Å²) in [7, 11) is 1.60. The molecule has 0 aliphatic carbocycles. The number of methoxy groups -OCH3 is 1. The Labute approximate surface area is 144 Å². The summed E-state index contributed by atoms with van der Waals surface area (Å²) in [5.74, 6) is 0.942. The molecule has 0 heterocycles. The molecular formula is C18H30N2O4. The summed E-state index contributed by atoms with van der Waals surface area (Å²) < 4.78 is 16.1. The topological polar surface area (TPSA) is 74.0 Å². The average molecular weight is 338 g/mol. The summed E-state index contributed by atoms with van der Waals surface area (Å²) in [4.78, 5) is 13.9. The van der Waals surface area contributed by atoms with Crippen LogP contribution in [-0.2, 0) is 16.0 Å². The molecule has 0 aliphatic rings. The first-order valence-corrected chi connectivity index (χ1v) is 8.49. The molecule has 2 N–H and O–H groups in total. The zero-order valence-corrected chi connectivity index (χ0v) is 15.2. The highest BCUT2D eigenvalue weighted by atomic mass is 16.5. The van der Waals surface area contributed by atoms with Crippen molar-refractivity contribution in [3.63, 3.8) is 0 Å². The molecule has 1 atom stereocenters. The van der Waals surface area contributed by atoms with Crippen LogP contribution in [0.25, 0.3) is 0 Å². The first-order valence-electron chi connectivity index (χ1n) is 8.49. The maximum absolute atomic E-state index is 11.6. The van der Waals surface area contributed by atoms with Crippen LogP contribution >= 0.6 is 0 Å². The Hall–Kier alpha value is -1.79. The highest BCUT2D eigenvalue weighted by molar-refractivity contribution is 5.75. The molecule has 24 heavy (non-hydrogen) atoms. The van der Waals surface area contributed by atoms with E-state index in [1.165, 1.54) is 0 Å². The van der Waals surface area contributed by atoms with Crippen molar-refractivity contribution >= 4 is 5.97 Å². The van der Waals surface area contributed by atoms with Gasteiger partial charge in [-0.05, 0) is 44.1 Å². The standard InChI is InChI=1S/C18H30N2O4/c1-5-20(6-2)10-11-24-16-9-8-14(13-17(16)22-4)12-15(19)18(21)23-7-3/h8-9,13,15H,5-7,10-12,19H2,1-4H3. The Bertz CT molecular complexity index is 504. The van der Waals surface area contributed by atoms with Crippen LogP contribution in [-0.4, -0.2) is 56.9 Å². The van der Waals surface area contributed by atoms with E-state index < -0.39 is 12.0 Å². The first-order chi connectivity index (χ1) is 11.5. The Morgan fingerprint density at radius 1 is 1.21 bits per heavy atom. The summed E-state index contributed by atoms with van der Waals surface area (Å²) in [5.41, 5.74) is 6.76. The predicted molar refractivity (Wildman–Crippen MR) is 94.6 cm³/mol. The van der Waals surface area contributed by atoms with Crippen LogP contribution in [0.5, 0.6) is 11.5 Å². The quantitative estimate of drug-likeness (QED) is 0.621. The van der Waals surface area contributed by atoms with E-state index in [0.717, 1.165) is 25.2 Å². The van der Waals surface area contributed by atoms with E-state index in [1.807, 2.05) is 18.2 Å². The zero-order valence-electron chi connectivity index (χ0n) is 15.2. The van der Waals surface area contributed by atoms with Crippen molar-refractivity contribution in [2.24, 2.45) is 5.73 Å². The normalized spacial score (nSPS) is 12.1. The van der Waals surface area contributed by atoms with Gasteiger partial charge in [0.1, 0.15) is 12.6 Å². The molecule has 0 saturated heterocycles. The molecule has 0 aromatic heterocycles. The van der Waals surface area contributed by atoms with Gasteiger partial charge in [0.2, 0.25) is 0 Å². The Balaban J connectivity index is 2.65. The second-order valence-corrected chi connectivity index (χ2v) is 5.42. The van der Waals surface area contributed by atoms with E-state index in [0.29, 0.717) is 31.1 Å². The second-order valence-electron chi connectivity index (χ2n) is 5.42. The fourth-order valence-electron chi connectivity index (χ4n) is 2.37. The summed E-state index contributed by atoms with van der Waals surface area (Å²) in [5, 5.41) is 0. The van der Waals surface area contributed by atoms with E-state index in [4.69, 9.17) is 19.9 Å². The van der Waals surface area contributed by atoms with Crippen molar-refractivity contribution in [2.75, 3.05) is 40.0 Å². The van der Waals surface area contributed by atoms with E-state index in [1.54, 1.807) is 14.0 Å². The number of likely N-dealkylation sites (N-methyl/N-ethyl adjacent to an activating group) is 1. The second kappa shape index (κ2) is 10.9. The van der Waals surface area contributed by atoms with Gasteiger partial charge in [-0.2, -0.15) is 0 Å². The van der Waals surface area contributed by atoms with Gasteiger partial charge in [0, 0.05) is 6.54 Å². The smallest absolute Gasteiger partial charge is 0.323 e. The minimum atomic E-state index is -0.677. The summed E-state index contributed by atoms with van der Waals surface area (Å²) in [6.07, 6.45) is 0.398. The third-order valence-corrected chi connectivity index (χ3v) is 3.83. The SMILES string of the molecule is CCOC(=O)C(N)Cc1ccc(OCCN(CC)CC)c(OC)c1. The molecule has 1 unspecified atom stereocenters. The van der Waals surface area contributed by atoms with Gasteiger partial charge in [-0.25, -0.2) is 0 Å². The highest BCUT2D eigenvalue weighted by Crippen LogP contribution is 2.28. The lowest BCUT2D eigenvalue weighted by Crippen LogP contribution is -2.34. The molecule has 1 aromatic rings. The van der Waals surface area contributed by atoms with E-state index in [-0.39, 0.29) is 0 Å². The van der Waals surface area contributed by atoms with Gasteiger partial charge in [0.25, 0.3) is 0 Å². The summed E-state index contributed by atoms with van der Waals surface area (Å²) in [6, 6.07) is 4.93. The summed E-state index contributed by atoms with van der Waals surface area (Å²) in [6.45, 7) is 9.82. The molecule has 0 saturated carbocycles. The van der Waals surface area contributed by atoms with Gasteiger partial charge in [-0.1, -0.05) is 19.9 Å². The number of nitrogens with zero attached hydrogens (tertiary/aromatic N) is 1. The Morgan fingerprint density at radius 2 is 1.92 bits per heavy atom. The third-order valence-electron chi connectivity index (χ3n) is 3.83. The third kappa shape index (κ3) is 6.37. The lowest BCUT2D eigenvalue weighted by Gasteiger charge is -2.19. The lowest BCUT2D eigenvalue weighted by molar-refractivity contribution is -0.144. The van der Waals surface area contributed by atoms with Crippen molar-refractivity contribution in [3.05, 3.63) is 23.8 Å². The van der Waals surface area contributed by atoms with Crippen LogP contribution in [0, 0.1) is 0 Å². The largest absolute Gasteiger partial charge is 0.493 e. The lowest BCUT2D eigenvalue weighted by atomic mass is 10.1. The molecule has 0 aliphatic heterocycles. The molecule has 1 rings (SSSR count). The van der Waals surface area contributed by atoms with Crippen LogP contribution in [0.3, 0.4) is 0 Å². The van der Waals surface area contributed by atoms with Crippen molar-refractivity contribution in [1.82, 2.24) is 4.90 Å². The minimum absolute atomic E-state index is 0.329. The van der Waals surface area contributed by atoms with Crippen LogP contribution in [0.15, 0.2) is 18.2 Å². The first kappa shape index (κ1) is 20.3. The van der Waals surface area contributed by atoms with Gasteiger partial charge >= 0.3 is 5.97 Å². The van der Waals surface area contributed by atoms with Gasteiger partial charge in [-0.3, -0.25) is 4.79 Å². The molecule has 0 bridgehead atoms. The fourth-order valence-corrected chi connectivity index (χ4v) is 2.37. The van der Waals surface area contributed by atoms with Gasteiger partial charge in [-0.15, -0.1) is 0 Å². The molecule has 6 nitrogen and oxygen atoms in total. The number of benzene rings is 1. The molecule has 0 amide bonds.